The summed E-state index contributed by atoms with van der Waals surface area (Å²) in [5, 5.41) is 8.78. The van der Waals surface area contributed by atoms with Crippen molar-refractivity contribution in [2.24, 2.45) is 5.92 Å². The lowest BCUT2D eigenvalue weighted by Crippen LogP contribution is -2.43. The van der Waals surface area contributed by atoms with Gasteiger partial charge in [-0.3, -0.25) is 14.5 Å². The van der Waals surface area contributed by atoms with Gasteiger partial charge in [0.2, 0.25) is 11.8 Å². The summed E-state index contributed by atoms with van der Waals surface area (Å²) in [6, 6.07) is 0. The minimum absolute atomic E-state index is 0.0260. The van der Waals surface area contributed by atoms with E-state index >= 15 is 0 Å². The SMILES string of the molecule is CCCCCCCCC1CC(=O)N(CCCO)C(=O)C1. The molecule has 1 saturated heterocycles. The van der Waals surface area contributed by atoms with Crippen LogP contribution in [0.4, 0.5) is 0 Å². The van der Waals surface area contributed by atoms with Gasteiger partial charge < -0.3 is 5.11 Å². The van der Waals surface area contributed by atoms with Crippen molar-refractivity contribution in [1.29, 1.82) is 0 Å². The molecule has 0 bridgehead atoms. The third kappa shape index (κ3) is 6.04. The molecule has 1 N–H and O–H groups in total. The van der Waals surface area contributed by atoms with E-state index < -0.39 is 0 Å². The van der Waals surface area contributed by atoms with E-state index in [4.69, 9.17) is 5.11 Å². The quantitative estimate of drug-likeness (QED) is 0.495. The molecule has 1 aliphatic heterocycles. The maximum Gasteiger partial charge on any atom is 0.229 e. The summed E-state index contributed by atoms with van der Waals surface area (Å²) in [4.78, 5) is 25.2. The molecule has 0 saturated carbocycles. The molecule has 0 radical (unpaired) electrons. The molecule has 1 heterocycles. The molecule has 0 aliphatic carbocycles. The van der Waals surface area contributed by atoms with Gasteiger partial charge in [0, 0.05) is 26.0 Å². The first kappa shape index (κ1) is 17.2. The molecule has 20 heavy (non-hydrogen) atoms. The summed E-state index contributed by atoms with van der Waals surface area (Å²) < 4.78 is 0. The van der Waals surface area contributed by atoms with Crippen LogP contribution in [0.3, 0.4) is 0 Å². The first-order chi connectivity index (χ1) is 9.69. The van der Waals surface area contributed by atoms with E-state index in [9.17, 15) is 9.59 Å². The minimum Gasteiger partial charge on any atom is -0.396 e. The molecule has 116 valence electrons. The Balaban J connectivity index is 2.20. The number of likely N-dealkylation sites (tertiary alicyclic amines) is 1. The highest BCUT2D eigenvalue weighted by molar-refractivity contribution is 5.97. The fraction of sp³-hybridized carbons (Fsp3) is 0.875. The number of aliphatic hydroxyl groups is 1. The van der Waals surface area contributed by atoms with Crippen molar-refractivity contribution in [3.63, 3.8) is 0 Å². The number of unbranched alkanes of at least 4 members (excludes halogenated alkanes) is 5. The van der Waals surface area contributed by atoms with E-state index in [1.54, 1.807) is 0 Å². The Morgan fingerprint density at radius 1 is 1.00 bits per heavy atom. The summed E-state index contributed by atoms with van der Waals surface area (Å²) >= 11 is 0. The van der Waals surface area contributed by atoms with Crippen LogP contribution >= 0.6 is 0 Å². The number of nitrogens with zero attached hydrogens (tertiary/aromatic N) is 1. The van der Waals surface area contributed by atoms with E-state index in [-0.39, 0.29) is 24.3 Å². The molecular weight excluding hydrogens is 254 g/mol. The predicted octanol–water partition coefficient (Wildman–Crippen LogP) is 2.88. The standard InChI is InChI=1S/C16H29NO3/c1-2-3-4-5-6-7-9-14-12-15(19)17(10-8-11-18)16(20)13-14/h14,18H,2-13H2,1H3. The Morgan fingerprint density at radius 2 is 1.60 bits per heavy atom. The van der Waals surface area contributed by atoms with Crippen LogP contribution in [-0.2, 0) is 9.59 Å². The van der Waals surface area contributed by atoms with E-state index in [1.807, 2.05) is 0 Å². The van der Waals surface area contributed by atoms with Gasteiger partial charge in [-0.15, -0.1) is 0 Å². The van der Waals surface area contributed by atoms with Crippen LogP contribution in [-0.4, -0.2) is 35.0 Å². The first-order valence-electron chi connectivity index (χ1n) is 8.13. The zero-order valence-corrected chi connectivity index (χ0v) is 12.8. The second-order valence-corrected chi connectivity index (χ2v) is 5.85. The number of imide groups is 1. The number of carbonyl (C=O) groups is 2. The normalized spacial score (nSPS) is 17.0. The average molecular weight is 283 g/mol. The molecule has 0 atom stereocenters. The molecule has 2 amide bonds. The van der Waals surface area contributed by atoms with Crippen molar-refractivity contribution in [2.75, 3.05) is 13.2 Å². The zero-order chi connectivity index (χ0) is 14.8. The van der Waals surface area contributed by atoms with Gasteiger partial charge in [-0.05, 0) is 18.8 Å². The van der Waals surface area contributed by atoms with Gasteiger partial charge in [0.15, 0.2) is 0 Å². The number of rotatable bonds is 10. The summed E-state index contributed by atoms with van der Waals surface area (Å²) in [6.07, 6.45) is 9.97. The monoisotopic (exact) mass is 283 g/mol. The molecular formula is C16H29NO3. The molecule has 4 nitrogen and oxygen atoms in total. The average Bonchev–Trinajstić information content (AvgIpc) is 2.42. The van der Waals surface area contributed by atoms with E-state index in [1.165, 1.54) is 37.0 Å². The Kier molecular flexibility index (Phi) is 8.51. The number of hydrogen-bond donors (Lipinski definition) is 1. The van der Waals surface area contributed by atoms with Crippen LogP contribution in [0.15, 0.2) is 0 Å². The zero-order valence-electron chi connectivity index (χ0n) is 12.8. The minimum atomic E-state index is -0.0503. The van der Waals surface area contributed by atoms with Crippen LogP contribution < -0.4 is 0 Å². The third-order valence-corrected chi connectivity index (χ3v) is 4.03. The van der Waals surface area contributed by atoms with E-state index in [0.717, 1.165) is 12.8 Å². The highest BCUT2D eigenvalue weighted by atomic mass is 16.3. The number of piperidine rings is 1. The largest absolute Gasteiger partial charge is 0.396 e. The Hall–Kier alpha value is -0.900. The Bertz CT molecular complexity index is 286. The summed E-state index contributed by atoms with van der Waals surface area (Å²) in [5.41, 5.74) is 0. The summed E-state index contributed by atoms with van der Waals surface area (Å²) in [5.74, 6) is 0.142. The van der Waals surface area contributed by atoms with Gasteiger partial charge in [0.1, 0.15) is 0 Å². The van der Waals surface area contributed by atoms with Crippen LogP contribution in [0.5, 0.6) is 0 Å². The maximum absolute atomic E-state index is 11.9. The van der Waals surface area contributed by atoms with E-state index in [0.29, 0.717) is 25.8 Å². The van der Waals surface area contributed by atoms with Crippen molar-refractivity contribution in [3.05, 3.63) is 0 Å². The van der Waals surface area contributed by atoms with Crippen LogP contribution in [0, 0.1) is 5.92 Å². The summed E-state index contributed by atoms with van der Waals surface area (Å²) in [6.45, 7) is 2.61. The van der Waals surface area contributed by atoms with Crippen molar-refractivity contribution in [2.45, 2.75) is 71.1 Å². The van der Waals surface area contributed by atoms with Crippen molar-refractivity contribution < 1.29 is 14.7 Å². The first-order valence-corrected chi connectivity index (χ1v) is 8.13. The predicted molar refractivity (Wildman–Crippen MR) is 79.1 cm³/mol. The molecule has 0 aromatic rings. The molecule has 0 aromatic heterocycles. The van der Waals surface area contributed by atoms with Crippen LogP contribution in [0.25, 0.3) is 0 Å². The van der Waals surface area contributed by atoms with Gasteiger partial charge in [0.05, 0.1) is 0 Å². The molecule has 0 unspecified atom stereocenters. The fourth-order valence-electron chi connectivity index (χ4n) is 2.82. The lowest BCUT2D eigenvalue weighted by molar-refractivity contribution is -0.150. The van der Waals surface area contributed by atoms with Gasteiger partial charge in [0.25, 0.3) is 0 Å². The lowest BCUT2D eigenvalue weighted by atomic mass is 9.90. The maximum atomic E-state index is 11.9. The second kappa shape index (κ2) is 9.92. The smallest absolute Gasteiger partial charge is 0.229 e. The lowest BCUT2D eigenvalue weighted by Gasteiger charge is -2.29. The molecule has 1 fully saturated rings. The number of carbonyl (C=O) groups excluding carboxylic acids is 2. The number of hydrogen-bond acceptors (Lipinski definition) is 3. The van der Waals surface area contributed by atoms with Gasteiger partial charge in [-0.2, -0.15) is 0 Å². The van der Waals surface area contributed by atoms with Crippen molar-refractivity contribution >= 4 is 11.8 Å². The van der Waals surface area contributed by atoms with Gasteiger partial charge >= 0.3 is 0 Å². The molecule has 0 aromatic carbocycles. The third-order valence-electron chi connectivity index (χ3n) is 4.03. The molecule has 1 rings (SSSR count). The Labute approximate surface area is 122 Å². The van der Waals surface area contributed by atoms with Crippen LogP contribution in [0.1, 0.15) is 71.1 Å². The van der Waals surface area contributed by atoms with E-state index in [2.05, 4.69) is 6.92 Å². The van der Waals surface area contributed by atoms with Gasteiger partial charge in [-0.25, -0.2) is 0 Å². The molecule has 1 aliphatic rings. The van der Waals surface area contributed by atoms with Crippen molar-refractivity contribution in [1.82, 2.24) is 4.90 Å². The highest BCUT2D eigenvalue weighted by Crippen LogP contribution is 2.25. The number of aliphatic hydroxyl groups excluding tert-OH is 1. The van der Waals surface area contributed by atoms with Crippen molar-refractivity contribution in [3.8, 4) is 0 Å². The van der Waals surface area contributed by atoms with Gasteiger partial charge in [-0.1, -0.05) is 45.4 Å². The molecule has 0 spiro atoms. The molecule has 4 heteroatoms. The number of amides is 2. The topological polar surface area (TPSA) is 57.6 Å². The highest BCUT2D eigenvalue weighted by Gasteiger charge is 2.31. The Morgan fingerprint density at radius 3 is 2.20 bits per heavy atom. The van der Waals surface area contributed by atoms with Crippen LogP contribution in [0.2, 0.25) is 0 Å². The fourth-order valence-corrected chi connectivity index (χ4v) is 2.82. The second-order valence-electron chi connectivity index (χ2n) is 5.85. The summed E-state index contributed by atoms with van der Waals surface area (Å²) in [7, 11) is 0.